The molecule has 0 aliphatic carbocycles. The number of nitrogens with zero attached hydrogens (tertiary/aromatic N) is 3. The molecule has 3 aliphatic rings. The number of hydrogen-bond acceptors (Lipinski definition) is 5. The van der Waals surface area contributed by atoms with Gasteiger partial charge in [0.25, 0.3) is 10.0 Å². The summed E-state index contributed by atoms with van der Waals surface area (Å²) in [5, 5.41) is 3.56. The van der Waals surface area contributed by atoms with Gasteiger partial charge < -0.3 is 15.1 Å². The van der Waals surface area contributed by atoms with E-state index in [0.717, 1.165) is 25.9 Å². The topological polar surface area (TPSA) is 82.1 Å². The van der Waals surface area contributed by atoms with Crippen molar-refractivity contribution in [3.05, 3.63) is 29.8 Å². The second-order valence-electron chi connectivity index (χ2n) is 7.01. The van der Waals surface area contributed by atoms with E-state index in [1.807, 2.05) is 4.90 Å². The minimum absolute atomic E-state index is 0.0151. The Balaban J connectivity index is 1.49. The van der Waals surface area contributed by atoms with Gasteiger partial charge in [0, 0.05) is 37.8 Å². The van der Waals surface area contributed by atoms with Gasteiger partial charge in [0.15, 0.2) is 5.84 Å². The molecule has 1 aromatic rings. The molecule has 2 unspecified atom stereocenters. The Labute approximate surface area is 147 Å². The summed E-state index contributed by atoms with van der Waals surface area (Å²) in [6, 6.07) is 7.65. The first-order valence-electron chi connectivity index (χ1n) is 8.63. The Morgan fingerprint density at radius 3 is 2.88 bits per heavy atom. The van der Waals surface area contributed by atoms with Crippen molar-refractivity contribution in [1.82, 2.24) is 15.1 Å². The second-order valence-corrected chi connectivity index (χ2v) is 8.58. The third-order valence-corrected chi connectivity index (χ3v) is 6.55. The summed E-state index contributed by atoms with van der Waals surface area (Å²) < 4.78 is 28.2. The predicted octanol–water partition coefficient (Wildman–Crippen LogP) is 0.420. The van der Waals surface area contributed by atoms with E-state index in [9.17, 15) is 13.2 Å². The number of rotatable bonds is 2. The molecular formula is C17H22N4O3S. The van der Waals surface area contributed by atoms with Gasteiger partial charge in [-0.15, -0.1) is 4.40 Å². The second kappa shape index (κ2) is 6.10. The molecule has 0 spiro atoms. The monoisotopic (exact) mass is 362 g/mol. The van der Waals surface area contributed by atoms with E-state index in [4.69, 9.17) is 0 Å². The lowest BCUT2D eigenvalue weighted by Gasteiger charge is -2.27. The van der Waals surface area contributed by atoms with Crippen LogP contribution >= 0.6 is 0 Å². The van der Waals surface area contributed by atoms with Crippen LogP contribution in [0.5, 0.6) is 0 Å². The fourth-order valence-electron chi connectivity index (χ4n) is 3.91. The highest BCUT2D eigenvalue weighted by molar-refractivity contribution is 7.90. The minimum atomic E-state index is -3.66. The van der Waals surface area contributed by atoms with Gasteiger partial charge in [-0.2, -0.15) is 8.42 Å². The normalized spacial score (nSPS) is 26.8. The first kappa shape index (κ1) is 16.5. The zero-order valence-electron chi connectivity index (χ0n) is 14.2. The molecule has 7 nitrogen and oxygen atoms in total. The zero-order valence-corrected chi connectivity index (χ0v) is 15.0. The summed E-state index contributed by atoms with van der Waals surface area (Å²) in [7, 11) is -1.94. The third kappa shape index (κ3) is 3.04. The Hall–Kier alpha value is -1.93. The number of likely N-dealkylation sites (tertiary alicyclic amines) is 1. The van der Waals surface area contributed by atoms with Crippen LogP contribution in [-0.4, -0.2) is 68.7 Å². The van der Waals surface area contributed by atoms with Crippen LogP contribution < -0.4 is 5.32 Å². The average molecular weight is 362 g/mol. The fourth-order valence-corrected chi connectivity index (χ4v) is 5.16. The lowest BCUT2D eigenvalue weighted by atomic mass is 10.1. The van der Waals surface area contributed by atoms with Crippen molar-refractivity contribution >= 4 is 21.8 Å². The van der Waals surface area contributed by atoms with Gasteiger partial charge in [0.05, 0.1) is 6.54 Å². The maximum Gasteiger partial charge on any atom is 0.285 e. The summed E-state index contributed by atoms with van der Waals surface area (Å²) in [5.74, 6) is 0.361. The zero-order chi connectivity index (χ0) is 17.6. The Morgan fingerprint density at radius 2 is 2.04 bits per heavy atom. The molecule has 8 heteroatoms. The highest BCUT2D eigenvalue weighted by Crippen LogP contribution is 2.27. The van der Waals surface area contributed by atoms with E-state index < -0.39 is 10.0 Å². The van der Waals surface area contributed by atoms with Crippen LogP contribution in [0.15, 0.2) is 33.6 Å². The van der Waals surface area contributed by atoms with Gasteiger partial charge in [-0.1, -0.05) is 12.1 Å². The number of likely N-dealkylation sites (N-methyl/N-ethyl adjacent to an activating group) is 1. The predicted molar refractivity (Wildman–Crippen MR) is 93.9 cm³/mol. The molecular weight excluding hydrogens is 340 g/mol. The molecule has 2 saturated heterocycles. The molecule has 3 heterocycles. The SMILES string of the molecule is CN(CC(=O)N1CCC2CCC(C1)N2)C1=NS(=O)(=O)c2ccccc21. The molecule has 134 valence electrons. The Bertz CT molecular complexity index is 836. The maximum atomic E-state index is 12.7. The number of fused-ring (bicyclic) bond motifs is 3. The van der Waals surface area contributed by atoms with Crippen molar-refractivity contribution in [2.75, 3.05) is 26.7 Å². The van der Waals surface area contributed by atoms with Crippen molar-refractivity contribution in [2.45, 2.75) is 36.2 Å². The molecule has 0 radical (unpaired) electrons. The molecule has 0 aromatic heterocycles. The fraction of sp³-hybridized carbons (Fsp3) is 0.529. The highest BCUT2D eigenvalue weighted by Gasteiger charge is 2.34. The average Bonchev–Trinajstić information content (AvgIpc) is 3.04. The van der Waals surface area contributed by atoms with Gasteiger partial charge in [-0.05, 0) is 31.4 Å². The molecule has 0 saturated carbocycles. The molecule has 1 aromatic carbocycles. The number of amides is 1. The summed E-state index contributed by atoms with van der Waals surface area (Å²) in [4.78, 5) is 16.5. The van der Waals surface area contributed by atoms with Crippen molar-refractivity contribution in [3.63, 3.8) is 0 Å². The van der Waals surface area contributed by atoms with E-state index in [1.54, 1.807) is 36.2 Å². The van der Waals surface area contributed by atoms with Crippen LogP contribution in [0.1, 0.15) is 24.8 Å². The lowest BCUT2D eigenvalue weighted by molar-refractivity contribution is -0.131. The smallest absolute Gasteiger partial charge is 0.285 e. The van der Waals surface area contributed by atoms with Crippen LogP contribution in [0.2, 0.25) is 0 Å². The van der Waals surface area contributed by atoms with Crippen molar-refractivity contribution in [2.24, 2.45) is 4.40 Å². The summed E-state index contributed by atoms with van der Waals surface area (Å²) >= 11 is 0. The van der Waals surface area contributed by atoms with Crippen LogP contribution in [0.3, 0.4) is 0 Å². The van der Waals surface area contributed by atoms with Gasteiger partial charge in [-0.3, -0.25) is 4.79 Å². The van der Waals surface area contributed by atoms with Crippen LogP contribution in [0.4, 0.5) is 0 Å². The van der Waals surface area contributed by atoms with E-state index in [1.165, 1.54) is 6.42 Å². The largest absolute Gasteiger partial charge is 0.349 e. The standard InChI is InChI=1S/C17H22N4O3S/c1-20(17-14-4-2-3-5-15(14)25(23,24)19-17)11-16(22)21-9-8-12-6-7-13(10-21)18-12/h2-5,12-13,18H,6-11H2,1H3. The molecule has 4 rings (SSSR count). The molecule has 1 N–H and O–H groups in total. The third-order valence-electron chi connectivity index (χ3n) is 5.22. The molecule has 2 atom stereocenters. The first-order valence-corrected chi connectivity index (χ1v) is 10.1. The van der Waals surface area contributed by atoms with E-state index in [0.29, 0.717) is 23.5 Å². The number of sulfonamides is 1. The lowest BCUT2D eigenvalue weighted by Crippen LogP contribution is -2.44. The number of nitrogens with one attached hydrogen (secondary N) is 1. The number of carbonyl (C=O) groups is 1. The highest BCUT2D eigenvalue weighted by atomic mass is 32.2. The number of hydrogen-bond donors (Lipinski definition) is 1. The van der Waals surface area contributed by atoms with Crippen molar-refractivity contribution < 1.29 is 13.2 Å². The van der Waals surface area contributed by atoms with Gasteiger partial charge >= 0.3 is 0 Å². The maximum absolute atomic E-state index is 12.7. The molecule has 1 amide bonds. The van der Waals surface area contributed by atoms with E-state index >= 15 is 0 Å². The molecule has 3 aliphatic heterocycles. The quantitative estimate of drug-likeness (QED) is 0.825. The number of benzene rings is 1. The van der Waals surface area contributed by atoms with Crippen molar-refractivity contribution in [1.29, 1.82) is 0 Å². The first-order chi connectivity index (χ1) is 11.9. The summed E-state index contributed by atoms with van der Waals surface area (Å²) in [6.45, 7) is 1.60. The Morgan fingerprint density at radius 1 is 1.28 bits per heavy atom. The Kier molecular flexibility index (Phi) is 4.04. The summed E-state index contributed by atoms with van der Waals surface area (Å²) in [5.41, 5.74) is 0.564. The minimum Gasteiger partial charge on any atom is -0.349 e. The van der Waals surface area contributed by atoms with Gasteiger partial charge in [-0.25, -0.2) is 0 Å². The number of carbonyl (C=O) groups excluding carboxylic acids is 1. The van der Waals surface area contributed by atoms with Crippen molar-refractivity contribution in [3.8, 4) is 0 Å². The van der Waals surface area contributed by atoms with E-state index in [2.05, 4.69) is 9.71 Å². The van der Waals surface area contributed by atoms with E-state index in [-0.39, 0.29) is 17.3 Å². The number of amidine groups is 1. The molecule has 2 fully saturated rings. The summed E-state index contributed by atoms with van der Waals surface area (Å²) in [6.07, 6.45) is 3.28. The molecule has 25 heavy (non-hydrogen) atoms. The van der Waals surface area contributed by atoms with Crippen LogP contribution in [0.25, 0.3) is 0 Å². The molecule has 2 bridgehead atoms. The van der Waals surface area contributed by atoms with Gasteiger partial charge in [0.2, 0.25) is 5.91 Å². The van der Waals surface area contributed by atoms with Gasteiger partial charge in [0.1, 0.15) is 4.90 Å². The van der Waals surface area contributed by atoms with Crippen LogP contribution in [0, 0.1) is 0 Å². The van der Waals surface area contributed by atoms with Crippen LogP contribution in [-0.2, 0) is 14.8 Å².